The molecule has 2 N–H and O–H groups in total. The second kappa shape index (κ2) is 6.38. The van der Waals surface area contributed by atoms with Crippen LogP contribution >= 0.6 is 0 Å². The molecule has 3 aromatic carbocycles. The number of benzene rings is 3. The maximum Gasteiger partial charge on any atom is 0.333 e. The molecule has 144 valence electrons. The van der Waals surface area contributed by atoms with E-state index in [-0.39, 0.29) is 18.1 Å². The van der Waals surface area contributed by atoms with Crippen molar-refractivity contribution in [3.8, 4) is 17.2 Å². The molecule has 1 heterocycles. The van der Waals surface area contributed by atoms with Gasteiger partial charge >= 0.3 is 5.97 Å². The van der Waals surface area contributed by atoms with Crippen molar-refractivity contribution in [3.05, 3.63) is 94.3 Å². The molecule has 0 radical (unpaired) electrons. The van der Waals surface area contributed by atoms with Crippen molar-refractivity contribution in [1.82, 2.24) is 0 Å². The number of ether oxygens (including phenoxy) is 2. The summed E-state index contributed by atoms with van der Waals surface area (Å²) in [5, 5.41) is 20.7. The molecule has 29 heavy (non-hydrogen) atoms. The number of aromatic hydroxyl groups is 1. The molecule has 1 unspecified atom stereocenters. The zero-order valence-corrected chi connectivity index (χ0v) is 15.1. The second-order valence-electron chi connectivity index (χ2n) is 6.89. The van der Waals surface area contributed by atoms with E-state index in [0.717, 1.165) is 0 Å². The molecule has 5 nitrogen and oxygen atoms in total. The van der Waals surface area contributed by atoms with Gasteiger partial charge < -0.3 is 19.7 Å². The summed E-state index contributed by atoms with van der Waals surface area (Å²) in [6, 6.07) is 15.9. The highest BCUT2D eigenvalue weighted by Crippen LogP contribution is 2.52. The number of carboxylic acids is 1. The van der Waals surface area contributed by atoms with Gasteiger partial charge in [0.1, 0.15) is 11.6 Å². The number of halogens is 1. The molecule has 6 heteroatoms. The van der Waals surface area contributed by atoms with Crippen molar-refractivity contribution < 1.29 is 28.9 Å². The quantitative estimate of drug-likeness (QED) is 0.698. The molecule has 1 aliphatic heterocycles. The maximum absolute atomic E-state index is 13.5. The van der Waals surface area contributed by atoms with E-state index >= 15 is 0 Å². The van der Waals surface area contributed by atoms with Crippen molar-refractivity contribution in [3.63, 3.8) is 0 Å². The highest BCUT2D eigenvalue weighted by atomic mass is 19.1. The number of carbonyl (C=O) groups is 1. The highest BCUT2D eigenvalue weighted by Gasteiger charge is 2.38. The lowest BCUT2D eigenvalue weighted by atomic mass is 9.88. The van der Waals surface area contributed by atoms with Crippen molar-refractivity contribution >= 4 is 11.5 Å². The Kier molecular flexibility index (Phi) is 3.81. The van der Waals surface area contributed by atoms with Crippen LogP contribution in [0.15, 0.2) is 66.2 Å². The third-order valence-corrected chi connectivity index (χ3v) is 5.29. The molecule has 0 bridgehead atoms. The SMILES string of the molecule is O=C(O)C1=C(c2ccc3c(c2)OCO3)c2c(O)cccc2C1c1ccc(F)cc1. The van der Waals surface area contributed by atoms with Gasteiger partial charge in [0, 0.05) is 17.1 Å². The largest absolute Gasteiger partial charge is 0.507 e. The molecule has 0 spiro atoms. The van der Waals surface area contributed by atoms with E-state index in [9.17, 15) is 19.4 Å². The third kappa shape index (κ3) is 2.64. The van der Waals surface area contributed by atoms with E-state index in [0.29, 0.717) is 39.3 Å². The summed E-state index contributed by atoms with van der Waals surface area (Å²) in [5.41, 5.74) is 2.87. The van der Waals surface area contributed by atoms with Gasteiger partial charge in [0.2, 0.25) is 6.79 Å². The number of carboxylic acid groups (broad SMARTS) is 1. The molecule has 5 rings (SSSR count). The van der Waals surface area contributed by atoms with Gasteiger partial charge in [-0.05, 0) is 47.0 Å². The van der Waals surface area contributed by atoms with Gasteiger partial charge in [-0.2, -0.15) is 0 Å². The molecule has 0 fully saturated rings. The van der Waals surface area contributed by atoms with E-state index in [1.807, 2.05) is 0 Å². The van der Waals surface area contributed by atoms with Crippen LogP contribution in [-0.2, 0) is 4.79 Å². The number of hydrogen-bond donors (Lipinski definition) is 2. The van der Waals surface area contributed by atoms with Gasteiger partial charge in [-0.25, -0.2) is 9.18 Å². The number of hydrogen-bond acceptors (Lipinski definition) is 4. The van der Waals surface area contributed by atoms with Gasteiger partial charge in [0.05, 0.1) is 5.57 Å². The average molecular weight is 390 g/mol. The minimum atomic E-state index is -1.11. The second-order valence-corrected chi connectivity index (χ2v) is 6.89. The number of rotatable bonds is 3. The first kappa shape index (κ1) is 17.3. The molecule has 0 amide bonds. The van der Waals surface area contributed by atoms with Crippen LogP contribution in [0.3, 0.4) is 0 Å². The molecule has 0 saturated heterocycles. The molecule has 0 aromatic heterocycles. The molecule has 1 atom stereocenters. The van der Waals surface area contributed by atoms with Gasteiger partial charge in [0.25, 0.3) is 0 Å². The van der Waals surface area contributed by atoms with Crippen LogP contribution in [0, 0.1) is 5.82 Å². The van der Waals surface area contributed by atoms with E-state index < -0.39 is 17.7 Å². The van der Waals surface area contributed by atoms with Crippen LogP contribution in [0.1, 0.15) is 28.2 Å². The minimum absolute atomic E-state index is 0.0153. The molecule has 0 saturated carbocycles. The normalized spacial score (nSPS) is 16.8. The first-order chi connectivity index (χ1) is 14.0. The summed E-state index contributed by atoms with van der Waals surface area (Å²) >= 11 is 0. The first-order valence-electron chi connectivity index (χ1n) is 9.00. The van der Waals surface area contributed by atoms with Crippen LogP contribution in [0.25, 0.3) is 5.57 Å². The Morgan fingerprint density at radius 3 is 2.52 bits per heavy atom. The molecular weight excluding hydrogens is 375 g/mol. The molecule has 2 aliphatic rings. The number of aliphatic carboxylic acids is 1. The summed E-state index contributed by atoms with van der Waals surface area (Å²) in [5.74, 6) is -1.07. The smallest absolute Gasteiger partial charge is 0.333 e. The molecular formula is C23H15FO5. The number of phenols is 1. The summed E-state index contributed by atoms with van der Waals surface area (Å²) < 4.78 is 24.3. The monoisotopic (exact) mass is 390 g/mol. The van der Waals surface area contributed by atoms with Crippen LogP contribution < -0.4 is 9.47 Å². The molecule has 1 aliphatic carbocycles. The maximum atomic E-state index is 13.5. The van der Waals surface area contributed by atoms with Gasteiger partial charge in [-0.15, -0.1) is 0 Å². The summed E-state index contributed by atoms with van der Waals surface area (Å²) in [6.45, 7) is 0.101. The van der Waals surface area contributed by atoms with Crippen molar-refractivity contribution in [2.75, 3.05) is 6.79 Å². The van der Waals surface area contributed by atoms with Crippen LogP contribution in [-0.4, -0.2) is 23.0 Å². The van der Waals surface area contributed by atoms with Crippen LogP contribution in [0.4, 0.5) is 4.39 Å². The molecule has 3 aromatic rings. The van der Waals surface area contributed by atoms with E-state index in [1.165, 1.54) is 18.2 Å². The zero-order valence-electron chi connectivity index (χ0n) is 15.1. The Bertz CT molecular complexity index is 1180. The van der Waals surface area contributed by atoms with Gasteiger partial charge in [-0.1, -0.05) is 30.3 Å². The van der Waals surface area contributed by atoms with Crippen LogP contribution in [0.2, 0.25) is 0 Å². The lowest BCUT2D eigenvalue weighted by Gasteiger charge is -2.15. The summed E-state index contributed by atoms with van der Waals surface area (Å²) in [4.78, 5) is 12.4. The Hall–Kier alpha value is -3.80. The van der Waals surface area contributed by atoms with E-state index in [4.69, 9.17) is 9.47 Å². The van der Waals surface area contributed by atoms with Crippen molar-refractivity contribution in [2.24, 2.45) is 0 Å². The van der Waals surface area contributed by atoms with E-state index in [2.05, 4.69) is 0 Å². The fraction of sp³-hybridized carbons (Fsp3) is 0.0870. The highest BCUT2D eigenvalue weighted by molar-refractivity contribution is 6.07. The third-order valence-electron chi connectivity index (χ3n) is 5.29. The van der Waals surface area contributed by atoms with Crippen LogP contribution in [0.5, 0.6) is 17.2 Å². The number of phenolic OH excluding ortho intramolecular Hbond substituents is 1. The minimum Gasteiger partial charge on any atom is -0.507 e. The summed E-state index contributed by atoms with van der Waals surface area (Å²) in [6.07, 6.45) is 0. The van der Waals surface area contributed by atoms with Gasteiger partial charge in [0.15, 0.2) is 11.5 Å². The standard InChI is InChI=1S/C23H15FO5/c24-14-7-4-12(5-8-14)19-15-2-1-3-16(25)21(15)20(22(19)23(26)27)13-6-9-17-18(10-13)29-11-28-17/h1-10,19,25H,11H2,(H,26,27). The Morgan fingerprint density at radius 1 is 1.00 bits per heavy atom. The predicted octanol–water partition coefficient (Wildman–Crippen LogP) is 4.29. The fourth-order valence-corrected chi connectivity index (χ4v) is 4.09. The Morgan fingerprint density at radius 2 is 1.76 bits per heavy atom. The van der Waals surface area contributed by atoms with Crippen molar-refractivity contribution in [2.45, 2.75) is 5.92 Å². The first-order valence-corrected chi connectivity index (χ1v) is 9.00. The topological polar surface area (TPSA) is 76.0 Å². The Balaban J connectivity index is 1.80. The van der Waals surface area contributed by atoms with E-state index in [1.54, 1.807) is 42.5 Å². The summed E-state index contributed by atoms with van der Waals surface area (Å²) in [7, 11) is 0. The Labute approximate surface area is 165 Å². The predicted molar refractivity (Wildman–Crippen MR) is 103 cm³/mol. The fourth-order valence-electron chi connectivity index (χ4n) is 4.09. The lowest BCUT2D eigenvalue weighted by Crippen LogP contribution is -2.10. The van der Waals surface area contributed by atoms with Crippen molar-refractivity contribution in [1.29, 1.82) is 0 Å². The average Bonchev–Trinajstić information content (AvgIpc) is 3.31. The number of fused-ring (bicyclic) bond motifs is 2. The zero-order chi connectivity index (χ0) is 20.1. The lowest BCUT2D eigenvalue weighted by molar-refractivity contribution is -0.132. The van der Waals surface area contributed by atoms with Gasteiger partial charge in [-0.3, -0.25) is 0 Å².